The topological polar surface area (TPSA) is 92.7 Å². The molecule has 0 amide bonds. The van der Waals surface area contributed by atoms with Crippen LogP contribution in [0.15, 0.2) is 0 Å². The monoisotopic (exact) mass is 324 g/mol. The van der Waals surface area contributed by atoms with Crippen molar-refractivity contribution in [2.45, 2.75) is 19.4 Å². The molecule has 0 bridgehead atoms. The van der Waals surface area contributed by atoms with E-state index >= 15 is 0 Å². The van der Waals surface area contributed by atoms with Crippen LogP contribution in [0, 0.1) is 0 Å². The number of carbonyl (C=O) groups is 1. The van der Waals surface area contributed by atoms with Crippen molar-refractivity contribution in [2.24, 2.45) is 0 Å². The summed E-state index contributed by atoms with van der Waals surface area (Å²) in [7, 11) is 1.60. The van der Waals surface area contributed by atoms with Gasteiger partial charge in [0.2, 0.25) is 0 Å². The van der Waals surface area contributed by atoms with E-state index in [4.69, 9.17) is 28.8 Å². The summed E-state index contributed by atoms with van der Waals surface area (Å²) in [6.07, 6.45) is -1.13. The van der Waals surface area contributed by atoms with Gasteiger partial charge in [0.15, 0.2) is 0 Å². The van der Waals surface area contributed by atoms with Crippen LogP contribution in [-0.2, 0) is 28.4 Å². The Balaban J connectivity index is 3.72. The van der Waals surface area contributed by atoms with Crippen molar-refractivity contribution in [3.05, 3.63) is 0 Å². The van der Waals surface area contributed by atoms with Crippen molar-refractivity contribution in [1.29, 1.82) is 0 Å². The van der Waals surface area contributed by atoms with Crippen LogP contribution in [0.3, 0.4) is 0 Å². The molecule has 1 N–H and O–H groups in total. The molecule has 0 spiro atoms. The van der Waals surface area contributed by atoms with Gasteiger partial charge in [-0.15, -0.1) is 0 Å². The first-order valence-electron chi connectivity index (χ1n) is 7.40. The lowest BCUT2D eigenvalue weighted by Gasteiger charge is -2.17. The first kappa shape index (κ1) is 21.1. The van der Waals surface area contributed by atoms with Crippen LogP contribution >= 0.6 is 0 Å². The summed E-state index contributed by atoms with van der Waals surface area (Å²) in [6, 6.07) is 0. The molecule has 0 saturated heterocycles. The van der Waals surface area contributed by atoms with Gasteiger partial charge in [0.25, 0.3) is 0 Å². The van der Waals surface area contributed by atoms with E-state index in [0.717, 1.165) is 0 Å². The Morgan fingerprint density at radius 2 is 1.59 bits per heavy atom. The van der Waals surface area contributed by atoms with Crippen LogP contribution in [0.4, 0.5) is 4.79 Å². The largest absolute Gasteiger partial charge is 0.505 e. The van der Waals surface area contributed by atoms with Gasteiger partial charge in [0.1, 0.15) is 6.61 Å². The first-order chi connectivity index (χ1) is 10.7. The maximum atomic E-state index is 10.4. The number of rotatable bonds is 16. The predicted molar refractivity (Wildman–Crippen MR) is 78.3 cm³/mol. The lowest BCUT2D eigenvalue weighted by molar-refractivity contribution is -0.0487. The number of hydrogen-bond donors (Lipinski definition) is 1. The molecule has 0 aromatic heterocycles. The maximum Gasteiger partial charge on any atom is 0.505 e. The van der Waals surface area contributed by atoms with Crippen LogP contribution < -0.4 is 0 Å². The summed E-state index contributed by atoms with van der Waals surface area (Å²) in [6.45, 7) is 5.84. The highest BCUT2D eigenvalue weighted by molar-refractivity contribution is 5.56. The van der Waals surface area contributed by atoms with Crippen molar-refractivity contribution in [3.8, 4) is 0 Å². The SMILES string of the molecule is CCOCCOCCC(COC(=O)O)OCCOCCOC. The fraction of sp³-hybridized carbons (Fsp3) is 0.929. The van der Waals surface area contributed by atoms with E-state index in [9.17, 15) is 4.79 Å². The molecule has 132 valence electrons. The average molecular weight is 324 g/mol. The van der Waals surface area contributed by atoms with E-state index in [-0.39, 0.29) is 12.7 Å². The third kappa shape index (κ3) is 15.5. The van der Waals surface area contributed by atoms with Gasteiger partial charge in [0.05, 0.1) is 45.7 Å². The second-order valence-corrected chi connectivity index (χ2v) is 4.27. The molecule has 0 rings (SSSR count). The molecule has 0 aliphatic rings. The van der Waals surface area contributed by atoms with E-state index in [1.807, 2.05) is 6.92 Å². The lowest BCUT2D eigenvalue weighted by atomic mass is 10.3. The molecule has 8 nitrogen and oxygen atoms in total. The molecule has 0 heterocycles. The van der Waals surface area contributed by atoms with Gasteiger partial charge in [0, 0.05) is 26.7 Å². The first-order valence-corrected chi connectivity index (χ1v) is 7.40. The number of ether oxygens (including phenoxy) is 6. The summed E-state index contributed by atoms with van der Waals surface area (Å²) in [5.41, 5.74) is 0. The molecular weight excluding hydrogens is 296 g/mol. The molecule has 0 aliphatic carbocycles. The molecule has 1 unspecified atom stereocenters. The van der Waals surface area contributed by atoms with Crippen LogP contribution in [0.25, 0.3) is 0 Å². The van der Waals surface area contributed by atoms with E-state index in [1.54, 1.807) is 7.11 Å². The average Bonchev–Trinajstić information content (AvgIpc) is 2.50. The zero-order chi connectivity index (χ0) is 16.5. The molecular formula is C14H28O8. The minimum atomic E-state index is -1.32. The zero-order valence-electron chi connectivity index (χ0n) is 13.5. The molecule has 1 atom stereocenters. The minimum absolute atomic E-state index is 0.0256. The Labute approximate surface area is 131 Å². The number of hydrogen-bond acceptors (Lipinski definition) is 7. The van der Waals surface area contributed by atoms with Crippen molar-refractivity contribution in [3.63, 3.8) is 0 Å². The van der Waals surface area contributed by atoms with Gasteiger partial charge in [-0.3, -0.25) is 0 Å². The normalized spacial score (nSPS) is 12.3. The summed E-state index contributed by atoms with van der Waals surface area (Å²) in [4.78, 5) is 10.4. The van der Waals surface area contributed by atoms with E-state index < -0.39 is 6.16 Å². The van der Waals surface area contributed by atoms with Gasteiger partial charge in [-0.2, -0.15) is 0 Å². The second kappa shape index (κ2) is 16.4. The highest BCUT2D eigenvalue weighted by Gasteiger charge is 2.12. The lowest BCUT2D eigenvalue weighted by Crippen LogP contribution is -2.25. The smallest absolute Gasteiger partial charge is 0.450 e. The standard InChI is InChI=1S/C14H28O8/c1-3-18-8-9-19-5-4-13(12-22-14(15)16)21-11-10-20-7-6-17-2/h13H,3-12H2,1-2H3,(H,15,16). The third-order valence-corrected chi connectivity index (χ3v) is 2.57. The molecule has 0 fully saturated rings. The molecule has 8 heteroatoms. The van der Waals surface area contributed by atoms with Crippen LogP contribution in [-0.4, -0.2) is 83.9 Å². The molecule has 22 heavy (non-hydrogen) atoms. The third-order valence-electron chi connectivity index (χ3n) is 2.57. The van der Waals surface area contributed by atoms with Gasteiger partial charge < -0.3 is 33.5 Å². The van der Waals surface area contributed by atoms with Gasteiger partial charge >= 0.3 is 6.16 Å². The molecule has 0 radical (unpaired) electrons. The van der Waals surface area contributed by atoms with Crippen LogP contribution in [0.2, 0.25) is 0 Å². The molecule has 0 saturated carbocycles. The highest BCUT2D eigenvalue weighted by atomic mass is 16.7. The van der Waals surface area contributed by atoms with Crippen molar-refractivity contribution >= 4 is 6.16 Å². The minimum Gasteiger partial charge on any atom is -0.450 e. The zero-order valence-corrected chi connectivity index (χ0v) is 13.5. The fourth-order valence-corrected chi connectivity index (χ4v) is 1.48. The highest BCUT2D eigenvalue weighted by Crippen LogP contribution is 2.01. The second-order valence-electron chi connectivity index (χ2n) is 4.27. The Hall–Kier alpha value is -0.930. The summed E-state index contributed by atoms with van der Waals surface area (Å²) in [5, 5.41) is 8.54. The predicted octanol–water partition coefficient (Wildman–Crippen LogP) is 1.17. The molecule has 0 aromatic rings. The van der Waals surface area contributed by atoms with E-state index in [1.165, 1.54) is 0 Å². The maximum absolute atomic E-state index is 10.4. The summed E-state index contributed by atoms with van der Waals surface area (Å²) < 4.78 is 30.7. The van der Waals surface area contributed by atoms with Gasteiger partial charge in [-0.05, 0) is 6.92 Å². The Morgan fingerprint density at radius 3 is 2.27 bits per heavy atom. The van der Waals surface area contributed by atoms with E-state index in [2.05, 4.69) is 4.74 Å². The number of carboxylic acid groups (broad SMARTS) is 1. The van der Waals surface area contributed by atoms with Crippen molar-refractivity contribution in [2.75, 3.05) is 66.6 Å². The number of methoxy groups -OCH3 is 1. The summed E-state index contributed by atoms with van der Waals surface area (Å²) >= 11 is 0. The fourth-order valence-electron chi connectivity index (χ4n) is 1.48. The Morgan fingerprint density at radius 1 is 0.955 bits per heavy atom. The van der Waals surface area contributed by atoms with Crippen molar-refractivity contribution in [1.82, 2.24) is 0 Å². The molecule has 0 aromatic carbocycles. The molecule has 0 aliphatic heterocycles. The van der Waals surface area contributed by atoms with E-state index in [0.29, 0.717) is 59.3 Å². The Kier molecular flexibility index (Phi) is 15.7. The van der Waals surface area contributed by atoms with Gasteiger partial charge in [-0.1, -0.05) is 0 Å². The Bertz CT molecular complexity index is 233. The quantitative estimate of drug-likeness (QED) is 0.334. The van der Waals surface area contributed by atoms with Crippen molar-refractivity contribution < 1.29 is 38.3 Å². The van der Waals surface area contributed by atoms with Crippen LogP contribution in [0.5, 0.6) is 0 Å². The summed E-state index contributed by atoms with van der Waals surface area (Å²) in [5.74, 6) is 0. The van der Waals surface area contributed by atoms with Crippen LogP contribution in [0.1, 0.15) is 13.3 Å². The van der Waals surface area contributed by atoms with Gasteiger partial charge in [-0.25, -0.2) is 4.79 Å².